The molecule has 1 aromatic heterocycles. The normalized spacial score (nSPS) is 10.2. The molecule has 0 aliphatic rings. The predicted octanol–water partition coefficient (Wildman–Crippen LogP) is 0.888. The first-order valence-electron chi connectivity index (χ1n) is 3.61. The molecule has 0 saturated carbocycles. The topological polar surface area (TPSA) is 16.1 Å². The molecule has 2 nitrogen and oxygen atoms in total. The van der Waals surface area contributed by atoms with E-state index in [1.807, 2.05) is 24.1 Å². The van der Waals surface area contributed by atoms with E-state index in [2.05, 4.69) is 4.98 Å². The number of nitrogens with zero attached hydrogens (tertiary/aromatic N) is 2. The SMILES string of the molecule is CN(Cc1ccncc1)C([S-])[S-].[Au]. The molecule has 0 aromatic carbocycles. The Morgan fingerprint density at radius 1 is 1.38 bits per heavy atom. The third kappa shape index (κ3) is 5.10. The molecule has 0 spiro atoms. The molecule has 1 radical (unpaired) electrons. The van der Waals surface area contributed by atoms with Crippen molar-refractivity contribution < 1.29 is 22.4 Å². The fourth-order valence-corrected chi connectivity index (χ4v) is 1.000. The fourth-order valence-electron chi connectivity index (χ4n) is 0.851. The van der Waals surface area contributed by atoms with E-state index < -0.39 is 0 Å². The second kappa shape index (κ2) is 6.92. The van der Waals surface area contributed by atoms with Gasteiger partial charge in [0.1, 0.15) is 0 Å². The molecule has 0 saturated heterocycles. The summed E-state index contributed by atoms with van der Waals surface area (Å²) in [5, 5.41) is 0. The standard InChI is InChI=1S/C8H12N2S2.Au/c1-10(8(11)12)6-7-2-4-9-5-3-7;/h2-5,8,11-12H,6H2,1H3;/p-2. The maximum Gasteiger partial charge on any atom is 0.0271 e. The van der Waals surface area contributed by atoms with Gasteiger partial charge in [0.25, 0.3) is 0 Å². The van der Waals surface area contributed by atoms with Gasteiger partial charge in [0.05, 0.1) is 0 Å². The van der Waals surface area contributed by atoms with Crippen LogP contribution in [0.2, 0.25) is 0 Å². The minimum absolute atomic E-state index is 0. The van der Waals surface area contributed by atoms with Gasteiger partial charge in [-0.05, 0) is 24.7 Å². The summed E-state index contributed by atoms with van der Waals surface area (Å²) >= 11 is 9.85. The molecule has 0 fully saturated rings. The van der Waals surface area contributed by atoms with Crippen molar-refractivity contribution in [3.05, 3.63) is 30.1 Å². The number of rotatable bonds is 3. The van der Waals surface area contributed by atoms with Crippen molar-refractivity contribution in [2.45, 2.75) is 11.3 Å². The summed E-state index contributed by atoms with van der Waals surface area (Å²) in [5.74, 6) is 0. The van der Waals surface area contributed by atoms with Gasteiger partial charge in [0, 0.05) is 41.3 Å². The number of aromatic nitrogens is 1. The van der Waals surface area contributed by atoms with E-state index >= 15 is 0 Å². The average molecular weight is 395 g/mol. The molecular weight excluding hydrogens is 385 g/mol. The van der Waals surface area contributed by atoms with Crippen molar-refractivity contribution in [2.24, 2.45) is 0 Å². The Labute approximate surface area is 105 Å². The molecule has 0 aliphatic carbocycles. The van der Waals surface area contributed by atoms with E-state index in [-0.39, 0.29) is 27.1 Å². The zero-order chi connectivity index (χ0) is 8.97. The molecule has 1 aromatic rings. The van der Waals surface area contributed by atoms with Crippen LogP contribution in [0.3, 0.4) is 0 Å². The number of hydrogen-bond donors (Lipinski definition) is 0. The Hall–Kier alpha value is 0.550. The molecule has 5 heteroatoms. The van der Waals surface area contributed by atoms with E-state index in [0.717, 1.165) is 6.54 Å². The van der Waals surface area contributed by atoms with Crippen molar-refractivity contribution in [3.8, 4) is 0 Å². The van der Waals surface area contributed by atoms with Gasteiger partial charge in [0.15, 0.2) is 0 Å². The predicted molar refractivity (Wildman–Crippen MR) is 54.2 cm³/mol. The summed E-state index contributed by atoms with van der Waals surface area (Å²) in [6, 6.07) is 3.92. The zero-order valence-electron chi connectivity index (χ0n) is 7.11. The van der Waals surface area contributed by atoms with Crippen molar-refractivity contribution in [1.29, 1.82) is 0 Å². The molecule has 13 heavy (non-hydrogen) atoms. The van der Waals surface area contributed by atoms with Crippen molar-refractivity contribution in [3.63, 3.8) is 0 Å². The van der Waals surface area contributed by atoms with E-state index in [9.17, 15) is 0 Å². The fraction of sp³-hybridized carbons (Fsp3) is 0.375. The first-order valence-corrected chi connectivity index (χ1v) is 4.55. The van der Waals surface area contributed by atoms with Crippen LogP contribution in [0.15, 0.2) is 24.5 Å². The van der Waals surface area contributed by atoms with Crippen LogP contribution in [0.4, 0.5) is 0 Å². The largest absolute Gasteiger partial charge is 0.800 e. The van der Waals surface area contributed by atoms with Crippen molar-refractivity contribution in [2.75, 3.05) is 7.05 Å². The molecule has 77 valence electrons. The smallest absolute Gasteiger partial charge is 0.0271 e. The molecule has 0 amide bonds. The van der Waals surface area contributed by atoms with Gasteiger partial charge < -0.3 is 30.2 Å². The third-order valence-electron chi connectivity index (χ3n) is 1.54. The third-order valence-corrected chi connectivity index (χ3v) is 2.26. The van der Waals surface area contributed by atoms with Crippen LogP contribution >= 0.6 is 0 Å². The molecule has 1 heterocycles. The second-order valence-corrected chi connectivity index (χ2v) is 3.77. The van der Waals surface area contributed by atoms with Crippen LogP contribution in [0, 0.1) is 0 Å². The van der Waals surface area contributed by atoms with Gasteiger partial charge in [-0.1, -0.05) is 0 Å². The van der Waals surface area contributed by atoms with Gasteiger partial charge in [-0.3, -0.25) is 4.98 Å². The summed E-state index contributed by atoms with van der Waals surface area (Å²) in [6.45, 7) is 0.792. The first kappa shape index (κ1) is 13.6. The van der Waals surface area contributed by atoms with Crippen LogP contribution in [0.25, 0.3) is 0 Å². The van der Waals surface area contributed by atoms with Crippen LogP contribution in [-0.2, 0) is 54.2 Å². The molecular formula is C8H10AuN2S2-2. The molecule has 0 bridgehead atoms. The Balaban J connectivity index is 0.00000144. The van der Waals surface area contributed by atoms with Crippen molar-refractivity contribution >= 4 is 25.3 Å². The van der Waals surface area contributed by atoms with Crippen molar-refractivity contribution in [1.82, 2.24) is 9.88 Å². The summed E-state index contributed by atoms with van der Waals surface area (Å²) < 4.78 is -0.238. The Kier molecular flexibility index (Phi) is 7.22. The molecule has 0 atom stereocenters. The van der Waals surface area contributed by atoms with Crippen LogP contribution in [0.5, 0.6) is 0 Å². The summed E-state index contributed by atoms with van der Waals surface area (Å²) in [7, 11) is 1.92. The van der Waals surface area contributed by atoms with Gasteiger partial charge in [0.2, 0.25) is 0 Å². The monoisotopic (exact) mass is 395 g/mol. The Morgan fingerprint density at radius 2 is 1.92 bits per heavy atom. The Morgan fingerprint density at radius 3 is 2.38 bits per heavy atom. The minimum Gasteiger partial charge on any atom is -0.800 e. The first-order chi connectivity index (χ1) is 5.70. The van der Waals surface area contributed by atoms with E-state index in [0.29, 0.717) is 0 Å². The second-order valence-electron chi connectivity index (χ2n) is 2.58. The van der Waals surface area contributed by atoms with E-state index in [1.54, 1.807) is 12.4 Å². The number of hydrogen-bond acceptors (Lipinski definition) is 4. The maximum atomic E-state index is 4.93. The van der Waals surface area contributed by atoms with Gasteiger partial charge in [-0.15, -0.1) is 0 Å². The quantitative estimate of drug-likeness (QED) is 0.558. The van der Waals surface area contributed by atoms with Gasteiger partial charge >= 0.3 is 0 Å². The van der Waals surface area contributed by atoms with Crippen LogP contribution in [-0.4, -0.2) is 21.6 Å². The van der Waals surface area contributed by atoms with Crippen LogP contribution in [0.1, 0.15) is 5.56 Å². The molecule has 0 aliphatic heterocycles. The molecule has 0 N–H and O–H groups in total. The summed E-state index contributed by atoms with van der Waals surface area (Å²) in [4.78, 5) is 5.86. The Bertz CT molecular complexity index is 231. The van der Waals surface area contributed by atoms with Crippen LogP contribution < -0.4 is 0 Å². The maximum absolute atomic E-state index is 4.93. The van der Waals surface area contributed by atoms with E-state index in [4.69, 9.17) is 25.3 Å². The average Bonchev–Trinajstić information content (AvgIpc) is 2.06. The molecule has 1 rings (SSSR count). The summed E-state index contributed by atoms with van der Waals surface area (Å²) in [5.41, 5.74) is 1.19. The summed E-state index contributed by atoms with van der Waals surface area (Å²) in [6.07, 6.45) is 3.54. The minimum atomic E-state index is -0.238. The number of pyridine rings is 1. The van der Waals surface area contributed by atoms with Gasteiger partial charge in [-0.2, -0.15) is 0 Å². The molecule has 0 unspecified atom stereocenters. The van der Waals surface area contributed by atoms with E-state index in [1.165, 1.54) is 5.56 Å². The van der Waals surface area contributed by atoms with Gasteiger partial charge in [-0.25, -0.2) is 4.71 Å². The zero-order valence-corrected chi connectivity index (χ0v) is 10.9.